The van der Waals surface area contributed by atoms with Gasteiger partial charge < -0.3 is 4.90 Å². The average molecular weight is 233 g/mol. The molecule has 0 saturated carbocycles. The molecule has 0 saturated heterocycles. The molecule has 0 aliphatic rings. The van der Waals surface area contributed by atoms with E-state index in [1.807, 2.05) is 36.1 Å². The summed E-state index contributed by atoms with van der Waals surface area (Å²) in [4.78, 5) is 14.4. The maximum Gasteiger partial charge on any atom is 0.254 e. The smallest absolute Gasteiger partial charge is 0.254 e. The van der Waals surface area contributed by atoms with E-state index in [0.29, 0.717) is 0 Å². The number of amides is 1. The predicted molar refractivity (Wildman–Crippen MR) is 72.3 cm³/mol. The molecule has 0 spiro atoms. The van der Waals surface area contributed by atoms with Crippen LogP contribution in [0.25, 0.3) is 0 Å². The van der Waals surface area contributed by atoms with Crippen LogP contribution in [0.15, 0.2) is 24.3 Å². The summed E-state index contributed by atoms with van der Waals surface area (Å²) in [6, 6.07) is 7.83. The van der Waals surface area contributed by atoms with Crippen LogP contribution >= 0.6 is 0 Å². The van der Waals surface area contributed by atoms with E-state index in [1.54, 1.807) is 0 Å². The molecule has 0 fully saturated rings. The van der Waals surface area contributed by atoms with Crippen LogP contribution in [0.1, 0.15) is 49.0 Å². The molecule has 0 aliphatic heterocycles. The van der Waals surface area contributed by atoms with Crippen molar-refractivity contribution in [1.29, 1.82) is 0 Å². The third kappa shape index (κ3) is 3.88. The number of aryl methyl sites for hydroxylation is 1. The van der Waals surface area contributed by atoms with Crippen LogP contribution in [-0.4, -0.2) is 23.9 Å². The maximum atomic E-state index is 12.4. The van der Waals surface area contributed by atoms with E-state index >= 15 is 0 Å². The molecular weight excluding hydrogens is 210 g/mol. The van der Waals surface area contributed by atoms with Crippen molar-refractivity contribution in [2.75, 3.05) is 13.1 Å². The molecule has 0 heterocycles. The fourth-order valence-electron chi connectivity index (χ4n) is 1.92. The van der Waals surface area contributed by atoms with Crippen molar-refractivity contribution in [1.82, 2.24) is 4.90 Å². The van der Waals surface area contributed by atoms with E-state index < -0.39 is 0 Å². The quantitative estimate of drug-likeness (QED) is 0.734. The van der Waals surface area contributed by atoms with Crippen LogP contribution in [0.5, 0.6) is 0 Å². The Hall–Kier alpha value is -1.31. The van der Waals surface area contributed by atoms with Crippen molar-refractivity contribution in [2.24, 2.45) is 0 Å². The van der Waals surface area contributed by atoms with Crippen LogP contribution in [-0.2, 0) is 0 Å². The minimum atomic E-state index is 0.179. The number of hydrogen-bond donors (Lipinski definition) is 0. The number of unbranched alkanes of at least 4 members (excludes halogenated alkanes) is 1. The van der Waals surface area contributed by atoms with Crippen LogP contribution in [0.2, 0.25) is 0 Å². The van der Waals surface area contributed by atoms with Gasteiger partial charge in [-0.15, -0.1) is 0 Å². The number of carbonyl (C=O) groups excluding carboxylic acids is 1. The molecule has 94 valence electrons. The fourth-order valence-corrected chi connectivity index (χ4v) is 1.92. The van der Waals surface area contributed by atoms with E-state index in [9.17, 15) is 4.79 Å². The third-order valence-electron chi connectivity index (χ3n) is 2.94. The Labute approximate surface area is 105 Å². The van der Waals surface area contributed by atoms with Gasteiger partial charge in [-0.2, -0.15) is 0 Å². The molecule has 1 rings (SSSR count). The zero-order valence-corrected chi connectivity index (χ0v) is 11.2. The molecule has 1 amide bonds. The molecule has 17 heavy (non-hydrogen) atoms. The Kier molecular flexibility index (Phi) is 5.75. The minimum absolute atomic E-state index is 0.179. The molecular formula is C15H23NO. The monoisotopic (exact) mass is 233 g/mol. The summed E-state index contributed by atoms with van der Waals surface area (Å²) in [6.45, 7) is 7.99. The second-order valence-corrected chi connectivity index (χ2v) is 4.46. The predicted octanol–water partition coefficient (Wildman–Crippen LogP) is 3.65. The van der Waals surface area contributed by atoms with Gasteiger partial charge in [-0.3, -0.25) is 4.79 Å². The summed E-state index contributed by atoms with van der Waals surface area (Å²) in [5.74, 6) is 0.179. The van der Waals surface area contributed by atoms with Crippen molar-refractivity contribution in [3.63, 3.8) is 0 Å². The van der Waals surface area contributed by atoms with Gasteiger partial charge in [0.2, 0.25) is 0 Å². The van der Waals surface area contributed by atoms with Crippen LogP contribution < -0.4 is 0 Å². The number of nitrogens with zero attached hydrogens (tertiary/aromatic N) is 1. The summed E-state index contributed by atoms with van der Waals surface area (Å²) in [5, 5.41) is 0. The first-order valence-corrected chi connectivity index (χ1v) is 6.55. The molecule has 0 aromatic heterocycles. The lowest BCUT2D eigenvalue weighted by molar-refractivity contribution is 0.0752. The number of carbonyl (C=O) groups is 1. The van der Waals surface area contributed by atoms with E-state index in [-0.39, 0.29) is 5.91 Å². The highest BCUT2D eigenvalue weighted by atomic mass is 16.2. The Balaban J connectivity index is 2.80. The van der Waals surface area contributed by atoms with Crippen LogP contribution in [0, 0.1) is 6.92 Å². The molecule has 2 nitrogen and oxygen atoms in total. The van der Waals surface area contributed by atoms with E-state index in [2.05, 4.69) is 13.8 Å². The van der Waals surface area contributed by atoms with Gasteiger partial charge in [-0.25, -0.2) is 0 Å². The summed E-state index contributed by atoms with van der Waals surface area (Å²) < 4.78 is 0. The van der Waals surface area contributed by atoms with Gasteiger partial charge in [0.05, 0.1) is 0 Å². The zero-order chi connectivity index (χ0) is 12.7. The lowest BCUT2D eigenvalue weighted by atomic mass is 10.1. The topological polar surface area (TPSA) is 20.3 Å². The molecule has 1 aromatic rings. The fraction of sp³-hybridized carbons (Fsp3) is 0.533. The van der Waals surface area contributed by atoms with Crippen molar-refractivity contribution >= 4 is 5.91 Å². The minimum Gasteiger partial charge on any atom is -0.339 e. The first-order chi connectivity index (χ1) is 8.20. The average Bonchev–Trinajstić information content (AvgIpc) is 2.34. The SMILES string of the molecule is CCCCN(CCC)C(=O)c1ccccc1C. The first kappa shape index (κ1) is 13.8. The first-order valence-electron chi connectivity index (χ1n) is 6.55. The number of hydrogen-bond acceptors (Lipinski definition) is 1. The number of rotatable bonds is 6. The van der Waals surface area contributed by atoms with Gasteiger partial charge in [-0.05, 0) is 31.4 Å². The maximum absolute atomic E-state index is 12.4. The van der Waals surface area contributed by atoms with Gasteiger partial charge in [0.1, 0.15) is 0 Å². The second-order valence-electron chi connectivity index (χ2n) is 4.46. The molecule has 0 bridgehead atoms. The highest BCUT2D eigenvalue weighted by molar-refractivity contribution is 5.95. The highest BCUT2D eigenvalue weighted by Crippen LogP contribution is 2.11. The molecule has 2 heteroatoms. The molecule has 0 atom stereocenters. The second kappa shape index (κ2) is 7.10. The Morgan fingerprint density at radius 1 is 1.12 bits per heavy atom. The van der Waals surface area contributed by atoms with Crippen LogP contribution in [0.3, 0.4) is 0 Å². The van der Waals surface area contributed by atoms with Crippen molar-refractivity contribution in [2.45, 2.75) is 40.0 Å². The lowest BCUT2D eigenvalue weighted by Crippen LogP contribution is -2.33. The molecule has 0 radical (unpaired) electrons. The highest BCUT2D eigenvalue weighted by Gasteiger charge is 2.15. The normalized spacial score (nSPS) is 10.3. The summed E-state index contributed by atoms with van der Waals surface area (Å²) >= 11 is 0. The van der Waals surface area contributed by atoms with Gasteiger partial charge in [-0.1, -0.05) is 38.5 Å². The van der Waals surface area contributed by atoms with E-state index in [4.69, 9.17) is 0 Å². The zero-order valence-electron chi connectivity index (χ0n) is 11.2. The summed E-state index contributed by atoms with van der Waals surface area (Å²) in [7, 11) is 0. The molecule has 0 aliphatic carbocycles. The van der Waals surface area contributed by atoms with Gasteiger partial charge >= 0.3 is 0 Å². The number of benzene rings is 1. The Bertz CT molecular complexity index is 360. The molecule has 1 aromatic carbocycles. The third-order valence-corrected chi connectivity index (χ3v) is 2.94. The largest absolute Gasteiger partial charge is 0.339 e. The lowest BCUT2D eigenvalue weighted by Gasteiger charge is -2.22. The van der Waals surface area contributed by atoms with Gasteiger partial charge in [0.25, 0.3) is 5.91 Å². The van der Waals surface area contributed by atoms with E-state index in [1.165, 1.54) is 0 Å². The standard InChI is InChI=1S/C15H23NO/c1-4-6-12-16(11-5-2)15(17)14-10-8-7-9-13(14)3/h7-10H,4-6,11-12H2,1-3H3. The van der Waals surface area contributed by atoms with Crippen molar-refractivity contribution < 1.29 is 4.79 Å². The van der Waals surface area contributed by atoms with Crippen LogP contribution in [0.4, 0.5) is 0 Å². The van der Waals surface area contributed by atoms with Gasteiger partial charge in [0, 0.05) is 18.7 Å². The Morgan fingerprint density at radius 3 is 2.41 bits per heavy atom. The van der Waals surface area contributed by atoms with Crippen molar-refractivity contribution in [3.05, 3.63) is 35.4 Å². The van der Waals surface area contributed by atoms with Crippen molar-refractivity contribution in [3.8, 4) is 0 Å². The molecule has 0 N–H and O–H groups in total. The molecule has 0 unspecified atom stereocenters. The Morgan fingerprint density at radius 2 is 1.82 bits per heavy atom. The van der Waals surface area contributed by atoms with E-state index in [0.717, 1.165) is 43.5 Å². The summed E-state index contributed by atoms with van der Waals surface area (Å²) in [5.41, 5.74) is 1.91. The summed E-state index contributed by atoms with van der Waals surface area (Å²) in [6.07, 6.45) is 3.22. The van der Waals surface area contributed by atoms with Gasteiger partial charge in [0.15, 0.2) is 0 Å².